The Morgan fingerprint density at radius 3 is 2.68 bits per heavy atom. The highest BCUT2D eigenvalue weighted by Gasteiger charge is 2.42. The zero-order valence-electron chi connectivity index (χ0n) is 18.3. The van der Waals surface area contributed by atoms with Gasteiger partial charge in [0.25, 0.3) is 0 Å². The number of hydrogen-bond acceptors (Lipinski definition) is 4. The quantitative estimate of drug-likeness (QED) is 0.663. The van der Waals surface area contributed by atoms with Gasteiger partial charge < -0.3 is 20.3 Å². The standard InChI is InChI=1S/C24H33N5O2/c1-16-26-22-9-11-25-15-23(22)29(16)20-13-18-7-8-19(14-20)28(18)12-10-21(27-24(30)31)17-5-3-2-4-6-17/h2-6,18-21,25,27H,7-15H2,1H3,(H,30,31)/t18-,19+,20?,21-/m0/s1. The first-order valence-corrected chi connectivity index (χ1v) is 11.7. The zero-order valence-corrected chi connectivity index (χ0v) is 18.3. The molecule has 0 aliphatic carbocycles. The highest BCUT2D eigenvalue weighted by atomic mass is 16.4. The first kappa shape index (κ1) is 20.5. The van der Waals surface area contributed by atoms with Crippen molar-refractivity contribution >= 4 is 6.09 Å². The van der Waals surface area contributed by atoms with Crippen molar-refractivity contribution in [2.75, 3.05) is 13.1 Å². The van der Waals surface area contributed by atoms with Gasteiger partial charge in [0.15, 0.2) is 0 Å². The normalized spacial score (nSPS) is 26.4. The monoisotopic (exact) mass is 423 g/mol. The Balaban J connectivity index is 1.27. The minimum Gasteiger partial charge on any atom is -0.465 e. The molecule has 4 heterocycles. The molecule has 0 spiro atoms. The van der Waals surface area contributed by atoms with Gasteiger partial charge in [-0.25, -0.2) is 9.78 Å². The molecule has 2 fully saturated rings. The molecule has 166 valence electrons. The molecule has 2 bridgehead atoms. The molecule has 2 aromatic rings. The number of benzene rings is 1. The minimum absolute atomic E-state index is 0.162. The van der Waals surface area contributed by atoms with Crippen LogP contribution in [0, 0.1) is 6.92 Å². The van der Waals surface area contributed by atoms with E-state index < -0.39 is 6.09 Å². The smallest absolute Gasteiger partial charge is 0.405 e. The molecule has 3 N–H and O–H groups in total. The topological polar surface area (TPSA) is 82.4 Å². The molecule has 7 heteroatoms. The maximum absolute atomic E-state index is 11.4. The van der Waals surface area contributed by atoms with E-state index in [0.29, 0.717) is 18.1 Å². The van der Waals surface area contributed by atoms with Crippen LogP contribution in [0.5, 0.6) is 0 Å². The molecule has 3 aliphatic rings. The second-order valence-electron chi connectivity index (χ2n) is 9.30. The maximum atomic E-state index is 11.4. The van der Waals surface area contributed by atoms with E-state index in [4.69, 9.17) is 4.98 Å². The predicted molar refractivity (Wildman–Crippen MR) is 119 cm³/mol. The lowest BCUT2D eigenvalue weighted by Crippen LogP contribution is -2.45. The number of piperidine rings is 1. The lowest BCUT2D eigenvalue weighted by atomic mass is 9.95. The summed E-state index contributed by atoms with van der Waals surface area (Å²) in [7, 11) is 0. The van der Waals surface area contributed by atoms with Crippen molar-refractivity contribution in [3.8, 4) is 0 Å². The van der Waals surface area contributed by atoms with Crippen LogP contribution in [0.25, 0.3) is 0 Å². The maximum Gasteiger partial charge on any atom is 0.405 e. The molecule has 1 unspecified atom stereocenters. The average Bonchev–Trinajstić information content (AvgIpc) is 3.22. The van der Waals surface area contributed by atoms with E-state index >= 15 is 0 Å². The fourth-order valence-corrected chi connectivity index (χ4v) is 6.19. The third-order valence-electron chi connectivity index (χ3n) is 7.50. The second kappa shape index (κ2) is 8.63. The van der Waals surface area contributed by atoms with Crippen molar-refractivity contribution in [1.82, 2.24) is 25.1 Å². The highest BCUT2D eigenvalue weighted by Crippen LogP contribution is 2.42. The molecule has 7 nitrogen and oxygen atoms in total. The van der Waals surface area contributed by atoms with Crippen molar-refractivity contribution < 1.29 is 9.90 Å². The van der Waals surface area contributed by atoms with Crippen molar-refractivity contribution in [3.05, 3.63) is 53.1 Å². The van der Waals surface area contributed by atoms with E-state index in [1.54, 1.807) is 0 Å². The van der Waals surface area contributed by atoms with E-state index in [-0.39, 0.29) is 6.04 Å². The van der Waals surface area contributed by atoms with Gasteiger partial charge in [-0.2, -0.15) is 0 Å². The molecule has 3 aliphatic heterocycles. The number of carboxylic acid groups (broad SMARTS) is 1. The van der Waals surface area contributed by atoms with E-state index in [9.17, 15) is 9.90 Å². The SMILES string of the molecule is Cc1nc2c(n1C1C[C@H]3CC[C@@H](C1)N3CC[C@H](NC(=O)O)c1ccccc1)CNCC2. The molecule has 2 saturated heterocycles. The van der Waals surface area contributed by atoms with Gasteiger partial charge in [0.1, 0.15) is 5.82 Å². The summed E-state index contributed by atoms with van der Waals surface area (Å²) in [6.07, 6.45) is 5.72. The molecule has 5 rings (SSSR count). The van der Waals surface area contributed by atoms with Gasteiger partial charge in [-0.05, 0) is 44.6 Å². The first-order chi connectivity index (χ1) is 15.1. The van der Waals surface area contributed by atoms with Crippen LogP contribution in [0.3, 0.4) is 0 Å². The second-order valence-corrected chi connectivity index (χ2v) is 9.30. The van der Waals surface area contributed by atoms with Crippen LogP contribution in [0.15, 0.2) is 30.3 Å². The summed E-state index contributed by atoms with van der Waals surface area (Å²) in [5.74, 6) is 1.17. The summed E-state index contributed by atoms with van der Waals surface area (Å²) in [4.78, 5) is 18.9. The molecule has 4 atom stereocenters. The number of nitrogens with zero attached hydrogens (tertiary/aromatic N) is 3. The molecule has 1 aromatic heterocycles. The van der Waals surface area contributed by atoms with Gasteiger partial charge in [-0.3, -0.25) is 4.90 Å². The van der Waals surface area contributed by atoms with E-state index in [1.165, 1.54) is 42.9 Å². The summed E-state index contributed by atoms with van der Waals surface area (Å²) >= 11 is 0. The molecular formula is C24H33N5O2. The van der Waals surface area contributed by atoms with Crippen molar-refractivity contribution in [3.63, 3.8) is 0 Å². The van der Waals surface area contributed by atoms with Gasteiger partial charge in [0.2, 0.25) is 0 Å². The Morgan fingerprint density at radius 1 is 1.23 bits per heavy atom. The Bertz CT molecular complexity index is 914. The number of nitrogens with one attached hydrogen (secondary N) is 2. The van der Waals surface area contributed by atoms with Gasteiger partial charge in [0.05, 0.1) is 17.4 Å². The predicted octanol–water partition coefficient (Wildman–Crippen LogP) is 3.40. The third-order valence-corrected chi connectivity index (χ3v) is 7.50. The van der Waals surface area contributed by atoms with Crippen LogP contribution < -0.4 is 10.6 Å². The molecule has 1 aromatic carbocycles. The lowest BCUT2D eigenvalue weighted by Gasteiger charge is -2.41. The Morgan fingerprint density at radius 2 is 1.97 bits per heavy atom. The van der Waals surface area contributed by atoms with Crippen molar-refractivity contribution in [2.24, 2.45) is 0 Å². The summed E-state index contributed by atoms with van der Waals surface area (Å²) in [5.41, 5.74) is 3.73. The van der Waals surface area contributed by atoms with E-state index in [0.717, 1.165) is 38.0 Å². The first-order valence-electron chi connectivity index (χ1n) is 11.7. The summed E-state index contributed by atoms with van der Waals surface area (Å²) in [6.45, 7) is 5.06. The molecule has 31 heavy (non-hydrogen) atoms. The van der Waals surface area contributed by atoms with Crippen molar-refractivity contribution in [1.29, 1.82) is 0 Å². The Kier molecular flexibility index (Phi) is 5.71. The van der Waals surface area contributed by atoms with Gasteiger partial charge in [-0.15, -0.1) is 0 Å². The number of hydrogen-bond donors (Lipinski definition) is 3. The zero-order chi connectivity index (χ0) is 21.4. The number of imidazole rings is 1. The molecule has 0 radical (unpaired) electrons. The summed E-state index contributed by atoms with van der Waals surface area (Å²) < 4.78 is 2.53. The fraction of sp³-hybridized carbons (Fsp3) is 0.583. The number of carbonyl (C=O) groups is 1. The van der Waals surface area contributed by atoms with Crippen molar-refractivity contribution in [2.45, 2.75) is 76.2 Å². The summed E-state index contributed by atoms with van der Waals surface area (Å²) in [5, 5.41) is 15.6. The minimum atomic E-state index is -0.954. The van der Waals surface area contributed by atoms with Gasteiger partial charge in [-0.1, -0.05) is 30.3 Å². The van der Waals surface area contributed by atoms with Crippen LogP contribution in [0.2, 0.25) is 0 Å². The number of amides is 1. The Labute approximate surface area is 183 Å². The molecular weight excluding hydrogens is 390 g/mol. The molecule has 0 saturated carbocycles. The lowest BCUT2D eigenvalue weighted by molar-refractivity contribution is 0.0996. The average molecular weight is 424 g/mol. The highest BCUT2D eigenvalue weighted by molar-refractivity contribution is 5.65. The van der Waals surface area contributed by atoms with Crippen LogP contribution in [-0.4, -0.2) is 50.8 Å². The Hall–Kier alpha value is -2.38. The fourth-order valence-electron chi connectivity index (χ4n) is 6.19. The third kappa shape index (κ3) is 4.08. The number of aryl methyl sites for hydroxylation is 1. The largest absolute Gasteiger partial charge is 0.465 e. The van der Waals surface area contributed by atoms with Gasteiger partial charge in [0, 0.05) is 44.2 Å². The summed E-state index contributed by atoms with van der Waals surface area (Å²) in [6, 6.07) is 11.5. The van der Waals surface area contributed by atoms with Gasteiger partial charge >= 0.3 is 6.09 Å². The molecule has 1 amide bonds. The van der Waals surface area contributed by atoms with E-state index in [2.05, 4.69) is 27.0 Å². The van der Waals surface area contributed by atoms with Crippen LogP contribution in [0.4, 0.5) is 4.79 Å². The number of rotatable bonds is 6. The van der Waals surface area contributed by atoms with Crippen LogP contribution in [0.1, 0.15) is 67.0 Å². The van der Waals surface area contributed by atoms with Crippen LogP contribution in [-0.2, 0) is 13.0 Å². The number of fused-ring (bicyclic) bond motifs is 3. The number of aromatic nitrogens is 2. The van der Waals surface area contributed by atoms with E-state index in [1.807, 2.05) is 30.3 Å². The van der Waals surface area contributed by atoms with Crippen LogP contribution >= 0.6 is 0 Å².